The Balaban J connectivity index is 1.61. The fourth-order valence-electron chi connectivity index (χ4n) is 2.76. The summed E-state index contributed by atoms with van der Waals surface area (Å²) in [6, 6.07) is 13.2. The van der Waals surface area contributed by atoms with Crippen molar-refractivity contribution in [3.05, 3.63) is 69.7 Å². The molecule has 0 bridgehead atoms. The van der Waals surface area contributed by atoms with Crippen LogP contribution in [0.5, 0.6) is 0 Å². The molecular formula is C20H20Cl2N2O2. The van der Waals surface area contributed by atoms with Gasteiger partial charge in [-0.05, 0) is 35.4 Å². The van der Waals surface area contributed by atoms with E-state index in [0.717, 1.165) is 44.1 Å². The molecule has 1 aliphatic rings. The lowest BCUT2D eigenvalue weighted by Crippen LogP contribution is -2.35. The van der Waals surface area contributed by atoms with Gasteiger partial charge in [0.15, 0.2) is 0 Å². The van der Waals surface area contributed by atoms with Crippen molar-refractivity contribution in [2.75, 3.05) is 31.6 Å². The number of halogens is 2. The van der Waals surface area contributed by atoms with Crippen LogP contribution < -0.4 is 5.32 Å². The molecule has 2 aromatic carbocycles. The first-order chi connectivity index (χ1) is 12.6. The number of anilines is 1. The number of carbonyl (C=O) groups is 1. The standard InChI is InChI=1S/C20H20Cl2N2O2/c21-18-6-2-4-16(20(18)22)7-8-19(25)23-17-5-1-3-15(13-17)14-24-9-11-26-12-10-24/h1-8,13H,9-12,14H2,(H,23,25)/b8-7+. The quantitative estimate of drug-likeness (QED) is 0.765. The zero-order valence-corrected chi connectivity index (χ0v) is 15.8. The number of nitrogens with zero attached hydrogens (tertiary/aromatic N) is 1. The molecule has 0 aromatic heterocycles. The molecular weight excluding hydrogens is 371 g/mol. The van der Waals surface area contributed by atoms with Gasteiger partial charge in [0.1, 0.15) is 0 Å². The SMILES string of the molecule is O=C(/C=C/c1cccc(Cl)c1Cl)Nc1cccc(CN2CCOCC2)c1. The smallest absolute Gasteiger partial charge is 0.248 e. The third-order valence-corrected chi connectivity index (χ3v) is 4.93. The predicted molar refractivity (Wildman–Crippen MR) is 107 cm³/mol. The van der Waals surface area contributed by atoms with Crippen molar-refractivity contribution in [2.45, 2.75) is 6.54 Å². The van der Waals surface area contributed by atoms with E-state index in [1.165, 1.54) is 6.08 Å². The van der Waals surface area contributed by atoms with Gasteiger partial charge in [-0.3, -0.25) is 9.69 Å². The Morgan fingerprint density at radius 1 is 1.15 bits per heavy atom. The Labute approximate surface area is 163 Å². The summed E-state index contributed by atoms with van der Waals surface area (Å²) in [7, 11) is 0. The molecule has 1 amide bonds. The maximum Gasteiger partial charge on any atom is 0.248 e. The highest BCUT2D eigenvalue weighted by Gasteiger charge is 2.11. The molecule has 136 valence electrons. The van der Waals surface area contributed by atoms with Crippen LogP contribution in [0.1, 0.15) is 11.1 Å². The molecule has 1 N–H and O–H groups in total. The van der Waals surface area contributed by atoms with Gasteiger partial charge in [0, 0.05) is 31.4 Å². The average Bonchev–Trinajstić information content (AvgIpc) is 2.64. The van der Waals surface area contributed by atoms with Gasteiger partial charge >= 0.3 is 0 Å². The first-order valence-corrected chi connectivity index (χ1v) is 9.19. The number of ether oxygens (including phenoxy) is 1. The highest BCUT2D eigenvalue weighted by molar-refractivity contribution is 6.42. The lowest BCUT2D eigenvalue weighted by Gasteiger charge is -2.26. The number of hydrogen-bond acceptors (Lipinski definition) is 3. The van der Waals surface area contributed by atoms with Crippen molar-refractivity contribution in [3.8, 4) is 0 Å². The van der Waals surface area contributed by atoms with Crippen molar-refractivity contribution in [2.24, 2.45) is 0 Å². The maximum absolute atomic E-state index is 12.2. The summed E-state index contributed by atoms with van der Waals surface area (Å²) >= 11 is 12.1. The molecule has 0 aliphatic carbocycles. The number of benzene rings is 2. The van der Waals surface area contributed by atoms with Gasteiger partial charge in [-0.1, -0.05) is 47.5 Å². The van der Waals surface area contributed by atoms with Crippen molar-refractivity contribution in [1.82, 2.24) is 4.90 Å². The van der Waals surface area contributed by atoms with Crippen LogP contribution >= 0.6 is 23.2 Å². The van der Waals surface area contributed by atoms with Gasteiger partial charge in [-0.25, -0.2) is 0 Å². The van der Waals surface area contributed by atoms with Crippen LogP contribution in [-0.4, -0.2) is 37.1 Å². The number of morpholine rings is 1. The number of rotatable bonds is 5. The molecule has 3 rings (SSSR count). The second kappa shape index (κ2) is 9.19. The fraction of sp³-hybridized carbons (Fsp3) is 0.250. The average molecular weight is 391 g/mol. The largest absolute Gasteiger partial charge is 0.379 e. The molecule has 4 nitrogen and oxygen atoms in total. The van der Waals surface area contributed by atoms with Crippen LogP contribution in [0.4, 0.5) is 5.69 Å². The highest BCUT2D eigenvalue weighted by Crippen LogP contribution is 2.26. The van der Waals surface area contributed by atoms with E-state index in [4.69, 9.17) is 27.9 Å². The van der Waals surface area contributed by atoms with Crippen molar-refractivity contribution >= 4 is 40.9 Å². The normalized spacial score (nSPS) is 15.3. The summed E-state index contributed by atoms with van der Waals surface area (Å²) in [5.74, 6) is -0.218. The van der Waals surface area contributed by atoms with E-state index >= 15 is 0 Å². The van der Waals surface area contributed by atoms with E-state index in [-0.39, 0.29) is 5.91 Å². The summed E-state index contributed by atoms with van der Waals surface area (Å²) in [5.41, 5.74) is 2.63. The second-order valence-corrected chi connectivity index (χ2v) is 6.84. The number of nitrogens with one attached hydrogen (secondary N) is 1. The molecule has 2 aromatic rings. The van der Waals surface area contributed by atoms with Crippen molar-refractivity contribution in [1.29, 1.82) is 0 Å². The second-order valence-electron chi connectivity index (χ2n) is 6.05. The molecule has 6 heteroatoms. The summed E-state index contributed by atoms with van der Waals surface area (Å²) in [6.45, 7) is 4.25. The van der Waals surface area contributed by atoms with E-state index in [0.29, 0.717) is 15.6 Å². The molecule has 0 saturated carbocycles. The first-order valence-electron chi connectivity index (χ1n) is 8.44. The minimum absolute atomic E-state index is 0.218. The molecule has 1 fully saturated rings. The molecule has 0 spiro atoms. The summed E-state index contributed by atoms with van der Waals surface area (Å²) in [6.07, 6.45) is 3.10. The van der Waals surface area contributed by atoms with Gasteiger partial charge in [0.05, 0.1) is 23.3 Å². The molecule has 26 heavy (non-hydrogen) atoms. The monoisotopic (exact) mass is 390 g/mol. The molecule has 1 heterocycles. The van der Waals surface area contributed by atoms with Gasteiger partial charge in [-0.15, -0.1) is 0 Å². The Kier molecular flexibility index (Phi) is 6.69. The van der Waals surface area contributed by atoms with Crippen LogP contribution in [0.25, 0.3) is 6.08 Å². The van der Waals surface area contributed by atoms with Crippen molar-refractivity contribution < 1.29 is 9.53 Å². The number of carbonyl (C=O) groups excluding carboxylic acids is 1. The van der Waals surface area contributed by atoms with Gasteiger partial charge in [0.2, 0.25) is 5.91 Å². The molecule has 1 aliphatic heterocycles. The van der Waals surface area contributed by atoms with E-state index in [2.05, 4.69) is 16.3 Å². The van der Waals surface area contributed by atoms with E-state index in [1.807, 2.05) is 18.2 Å². The Bertz CT molecular complexity index is 802. The van der Waals surface area contributed by atoms with Crippen LogP contribution in [0.15, 0.2) is 48.5 Å². The topological polar surface area (TPSA) is 41.6 Å². The Hall–Kier alpha value is -1.85. The van der Waals surface area contributed by atoms with E-state index in [9.17, 15) is 4.79 Å². The fourth-order valence-corrected chi connectivity index (χ4v) is 3.13. The van der Waals surface area contributed by atoms with Gasteiger partial charge in [0.25, 0.3) is 0 Å². The Morgan fingerprint density at radius 2 is 1.92 bits per heavy atom. The molecule has 0 radical (unpaired) electrons. The molecule has 1 saturated heterocycles. The van der Waals surface area contributed by atoms with Crippen LogP contribution in [0, 0.1) is 0 Å². The van der Waals surface area contributed by atoms with Crippen molar-refractivity contribution in [3.63, 3.8) is 0 Å². The lowest BCUT2D eigenvalue weighted by molar-refractivity contribution is -0.111. The van der Waals surface area contributed by atoms with Crippen LogP contribution in [0.2, 0.25) is 10.0 Å². The minimum atomic E-state index is -0.218. The number of amides is 1. The summed E-state index contributed by atoms with van der Waals surface area (Å²) < 4.78 is 5.37. The first kappa shape index (κ1) is 18.9. The highest BCUT2D eigenvalue weighted by atomic mass is 35.5. The van der Waals surface area contributed by atoms with Gasteiger partial charge < -0.3 is 10.1 Å². The maximum atomic E-state index is 12.2. The van der Waals surface area contributed by atoms with E-state index < -0.39 is 0 Å². The third-order valence-electron chi connectivity index (χ3n) is 4.10. The zero-order chi connectivity index (χ0) is 18.4. The zero-order valence-electron chi connectivity index (χ0n) is 14.3. The minimum Gasteiger partial charge on any atom is -0.379 e. The van der Waals surface area contributed by atoms with Crippen LogP contribution in [0.3, 0.4) is 0 Å². The third kappa shape index (κ3) is 5.32. The molecule has 0 unspecified atom stereocenters. The van der Waals surface area contributed by atoms with E-state index in [1.54, 1.807) is 24.3 Å². The van der Waals surface area contributed by atoms with Crippen LogP contribution in [-0.2, 0) is 16.1 Å². The Morgan fingerprint density at radius 3 is 2.73 bits per heavy atom. The summed E-state index contributed by atoms with van der Waals surface area (Å²) in [5, 5.41) is 3.78. The summed E-state index contributed by atoms with van der Waals surface area (Å²) in [4.78, 5) is 14.5. The predicted octanol–water partition coefficient (Wildman–Crippen LogP) is 4.48. The molecule has 0 atom stereocenters. The lowest BCUT2D eigenvalue weighted by atomic mass is 10.1. The van der Waals surface area contributed by atoms with Gasteiger partial charge in [-0.2, -0.15) is 0 Å². The number of hydrogen-bond donors (Lipinski definition) is 1.